The summed E-state index contributed by atoms with van der Waals surface area (Å²) in [6.45, 7) is 5.79. The molecule has 35 heavy (non-hydrogen) atoms. The molecule has 4 heteroatoms. The molecule has 0 atom stereocenters. The van der Waals surface area contributed by atoms with E-state index in [1.807, 2.05) is 25.2 Å². The lowest BCUT2D eigenvalue weighted by Crippen LogP contribution is -2.31. The summed E-state index contributed by atoms with van der Waals surface area (Å²) < 4.78 is 29.5. The van der Waals surface area contributed by atoms with E-state index in [0.29, 0.717) is 17.1 Å². The van der Waals surface area contributed by atoms with Crippen molar-refractivity contribution in [3.05, 3.63) is 89.4 Å². The van der Waals surface area contributed by atoms with Gasteiger partial charge in [-0.3, -0.25) is 0 Å². The van der Waals surface area contributed by atoms with Crippen LogP contribution in [0.15, 0.2) is 71.3 Å². The molecular formula is C31H29FNO2+. The first-order valence-electron chi connectivity index (χ1n) is 12.3. The second kappa shape index (κ2) is 8.62. The molecule has 0 spiro atoms. The first-order valence-corrected chi connectivity index (χ1v) is 12.3. The standard InChI is InChI=1S/C31H29FNO2/c1-19-4-13-27(33(3)18-19)28-20(2)5-10-24-25-11-12-26(32)29(31(25)35-30(24)28)23-8-6-21(7-9-23)22-14-16-34-17-15-22/h4-13,18,22H,14-17H2,1-3H3/q+1. The van der Waals surface area contributed by atoms with Gasteiger partial charge in [0.15, 0.2) is 6.20 Å². The summed E-state index contributed by atoms with van der Waals surface area (Å²) in [5.41, 5.74) is 8.47. The third-order valence-corrected chi connectivity index (χ3v) is 7.40. The largest absolute Gasteiger partial charge is 0.454 e. The van der Waals surface area contributed by atoms with Gasteiger partial charge in [-0.1, -0.05) is 36.4 Å². The monoisotopic (exact) mass is 466 g/mol. The van der Waals surface area contributed by atoms with Crippen LogP contribution in [0.5, 0.6) is 0 Å². The highest BCUT2D eigenvalue weighted by Gasteiger charge is 2.23. The van der Waals surface area contributed by atoms with Crippen molar-refractivity contribution in [3.8, 4) is 22.4 Å². The van der Waals surface area contributed by atoms with Gasteiger partial charge in [-0.25, -0.2) is 8.96 Å². The smallest absolute Gasteiger partial charge is 0.216 e. The van der Waals surface area contributed by atoms with Crippen molar-refractivity contribution in [2.45, 2.75) is 32.6 Å². The fourth-order valence-electron chi connectivity index (χ4n) is 5.52. The van der Waals surface area contributed by atoms with Crippen LogP contribution in [0, 0.1) is 19.7 Å². The van der Waals surface area contributed by atoms with Gasteiger partial charge < -0.3 is 9.15 Å². The van der Waals surface area contributed by atoms with Crippen LogP contribution in [0.4, 0.5) is 4.39 Å². The van der Waals surface area contributed by atoms with E-state index >= 15 is 4.39 Å². The SMILES string of the molecule is Cc1ccc(-c2c(C)ccc3c2oc2c(-c4ccc(C5CCOCC5)cc4)c(F)ccc23)[n+](C)c1. The Morgan fingerprint density at radius 2 is 1.49 bits per heavy atom. The molecule has 0 aliphatic carbocycles. The third-order valence-electron chi connectivity index (χ3n) is 7.40. The second-order valence-electron chi connectivity index (χ2n) is 9.75. The third kappa shape index (κ3) is 3.73. The summed E-state index contributed by atoms with van der Waals surface area (Å²) in [5, 5.41) is 1.93. The number of hydrogen-bond donors (Lipinski definition) is 0. The summed E-state index contributed by atoms with van der Waals surface area (Å²) in [4.78, 5) is 0. The first kappa shape index (κ1) is 22.0. The van der Waals surface area contributed by atoms with Crippen LogP contribution >= 0.6 is 0 Å². The molecule has 0 bridgehead atoms. The molecule has 176 valence electrons. The second-order valence-corrected chi connectivity index (χ2v) is 9.75. The molecule has 5 aromatic rings. The molecule has 3 heterocycles. The van der Waals surface area contributed by atoms with Gasteiger partial charge in [-0.15, -0.1) is 0 Å². The maximum Gasteiger partial charge on any atom is 0.216 e. The summed E-state index contributed by atoms with van der Waals surface area (Å²) in [6, 6.07) is 20.2. The van der Waals surface area contributed by atoms with Crippen LogP contribution in [-0.4, -0.2) is 13.2 Å². The predicted octanol–water partition coefficient (Wildman–Crippen LogP) is 7.39. The fraction of sp³-hybridized carbons (Fsp3) is 0.258. The number of halogens is 1. The Hall–Kier alpha value is -3.50. The molecule has 0 radical (unpaired) electrons. The van der Waals surface area contributed by atoms with Crippen LogP contribution in [0.1, 0.15) is 35.4 Å². The van der Waals surface area contributed by atoms with Gasteiger partial charge in [0.05, 0.1) is 11.1 Å². The Balaban J connectivity index is 1.54. The quantitative estimate of drug-likeness (QED) is 0.259. The number of aromatic nitrogens is 1. The topological polar surface area (TPSA) is 26.2 Å². The predicted molar refractivity (Wildman–Crippen MR) is 138 cm³/mol. The van der Waals surface area contributed by atoms with Crippen LogP contribution in [0.25, 0.3) is 44.3 Å². The van der Waals surface area contributed by atoms with Gasteiger partial charge in [-0.05, 0) is 67.5 Å². The highest BCUT2D eigenvalue weighted by atomic mass is 19.1. The van der Waals surface area contributed by atoms with Crippen molar-refractivity contribution < 1.29 is 18.1 Å². The zero-order valence-corrected chi connectivity index (χ0v) is 20.4. The average Bonchev–Trinajstić information content (AvgIpc) is 3.24. The van der Waals surface area contributed by atoms with Crippen molar-refractivity contribution in [2.75, 3.05) is 13.2 Å². The Kier molecular flexibility index (Phi) is 5.42. The molecule has 1 saturated heterocycles. The van der Waals surface area contributed by atoms with Gasteiger partial charge in [0.25, 0.3) is 0 Å². The normalized spacial score (nSPS) is 14.7. The molecule has 0 N–H and O–H groups in total. The minimum atomic E-state index is -0.269. The molecule has 0 amide bonds. The number of pyridine rings is 1. The summed E-state index contributed by atoms with van der Waals surface area (Å²) in [6.07, 6.45) is 4.18. The minimum Gasteiger partial charge on any atom is -0.454 e. The molecule has 0 saturated carbocycles. The van der Waals surface area contributed by atoms with Gasteiger partial charge in [-0.2, -0.15) is 0 Å². The van der Waals surface area contributed by atoms with Crippen molar-refractivity contribution in [2.24, 2.45) is 7.05 Å². The summed E-state index contributed by atoms with van der Waals surface area (Å²) in [7, 11) is 2.05. The van der Waals surface area contributed by atoms with Crippen molar-refractivity contribution in [1.82, 2.24) is 0 Å². The molecular weight excluding hydrogens is 437 g/mol. The summed E-state index contributed by atoms with van der Waals surface area (Å²) >= 11 is 0. The molecule has 3 nitrogen and oxygen atoms in total. The Morgan fingerprint density at radius 3 is 2.20 bits per heavy atom. The van der Waals surface area contributed by atoms with Crippen molar-refractivity contribution >= 4 is 21.9 Å². The van der Waals surface area contributed by atoms with E-state index in [4.69, 9.17) is 9.15 Å². The lowest BCUT2D eigenvalue weighted by molar-refractivity contribution is -0.660. The molecule has 1 aliphatic heterocycles. The minimum absolute atomic E-state index is 0.269. The molecule has 0 unspecified atom stereocenters. The van der Waals surface area contributed by atoms with Gasteiger partial charge in [0.1, 0.15) is 24.0 Å². The Morgan fingerprint density at radius 1 is 0.800 bits per heavy atom. The van der Waals surface area contributed by atoms with Gasteiger partial charge in [0, 0.05) is 35.6 Å². The number of furan rings is 1. The summed E-state index contributed by atoms with van der Waals surface area (Å²) in [5.74, 6) is 0.236. The van der Waals surface area contributed by atoms with Crippen LogP contribution < -0.4 is 4.57 Å². The lowest BCUT2D eigenvalue weighted by Gasteiger charge is -2.22. The number of hydrogen-bond acceptors (Lipinski definition) is 2. The van der Waals surface area contributed by atoms with Crippen LogP contribution in [0.3, 0.4) is 0 Å². The number of nitrogens with zero attached hydrogens (tertiary/aromatic N) is 1. The van der Waals surface area contributed by atoms with E-state index in [9.17, 15) is 0 Å². The molecule has 3 aromatic carbocycles. The van der Waals surface area contributed by atoms with E-state index in [0.717, 1.165) is 64.8 Å². The van der Waals surface area contributed by atoms with E-state index in [1.165, 1.54) is 11.1 Å². The number of rotatable bonds is 3. The van der Waals surface area contributed by atoms with E-state index in [2.05, 4.69) is 61.0 Å². The number of ether oxygens (including phenoxy) is 1. The Bertz CT molecular complexity index is 1560. The van der Waals surface area contributed by atoms with Crippen LogP contribution in [-0.2, 0) is 11.8 Å². The highest BCUT2D eigenvalue weighted by Crippen LogP contribution is 2.42. The highest BCUT2D eigenvalue weighted by molar-refractivity contribution is 6.13. The average molecular weight is 467 g/mol. The maximum absolute atomic E-state index is 15.3. The zero-order chi connectivity index (χ0) is 24.1. The number of fused-ring (bicyclic) bond motifs is 3. The molecule has 2 aromatic heterocycles. The number of aryl methyl sites for hydroxylation is 3. The van der Waals surface area contributed by atoms with E-state index < -0.39 is 0 Å². The lowest BCUT2D eigenvalue weighted by atomic mass is 9.90. The van der Waals surface area contributed by atoms with Gasteiger partial charge in [0.2, 0.25) is 5.69 Å². The Labute approximate surface area is 204 Å². The zero-order valence-electron chi connectivity index (χ0n) is 20.4. The maximum atomic E-state index is 15.3. The van der Waals surface area contributed by atoms with Crippen LogP contribution in [0.2, 0.25) is 0 Å². The fourth-order valence-corrected chi connectivity index (χ4v) is 5.52. The molecule has 1 aliphatic rings. The molecule has 6 rings (SSSR count). The van der Waals surface area contributed by atoms with Gasteiger partial charge >= 0.3 is 0 Å². The number of benzene rings is 3. The van der Waals surface area contributed by atoms with E-state index in [-0.39, 0.29) is 5.82 Å². The molecule has 1 fully saturated rings. The van der Waals surface area contributed by atoms with E-state index in [1.54, 1.807) is 6.07 Å². The van der Waals surface area contributed by atoms with Crippen molar-refractivity contribution in [3.63, 3.8) is 0 Å². The van der Waals surface area contributed by atoms with Crippen molar-refractivity contribution in [1.29, 1.82) is 0 Å². The first-order chi connectivity index (χ1) is 17.0.